The summed E-state index contributed by atoms with van der Waals surface area (Å²) < 4.78 is 35.3. The average molecular weight is 492 g/mol. The Bertz CT molecular complexity index is 1290. The van der Waals surface area contributed by atoms with Crippen LogP contribution in [-0.4, -0.2) is 55.4 Å². The second-order valence-electron chi connectivity index (χ2n) is 7.42. The lowest BCUT2D eigenvalue weighted by atomic mass is 10.2. The van der Waals surface area contributed by atoms with Crippen molar-refractivity contribution in [2.24, 2.45) is 4.99 Å². The van der Waals surface area contributed by atoms with E-state index >= 15 is 0 Å². The number of carbonyl (C=O) groups excluding carboxylic acids is 1. The Labute approximate surface area is 195 Å². The molecule has 10 heteroatoms. The lowest BCUT2D eigenvalue weighted by Crippen LogP contribution is -2.27. The van der Waals surface area contributed by atoms with Gasteiger partial charge in [0, 0.05) is 31.0 Å². The third-order valence-corrected chi connectivity index (χ3v) is 8.96. The van der Waals surface area contributed by atoms with Crippen molar-refractivity contribution in [2.45, 2.75) is 24.3 Å². The number of benzene rings is 2. The number of ether oxygens (including phenoxy) is 1. The number of hydrogen-bond donors (Lipinski definition) is 0. The number of sulfonamides is 1. The highest BCUT2D eigenvalue weighted by molar-refractivity contribution is 7.98. The molecule has 0 bridgehead atoms. The van der Waals surface area contributed by atoms with Crippen molar-refractivity contribution < 1.29 is 17.9 Å². The predicted octanol–water partition coefficient (Wildman–Crippen LogP) is 3.60. The molecule has 1 saturated heterocycles. The number of aryl methyl sites for hydroxylation is 1. The smallest absolute Gasteiger partial charge is 0.279 e. The Hall–Kier alpha value is -2.14. The monoisotopic (exact) mass is 491 g/mol. The summed E-state index contributed by atoms with van der Waals surface area (Å²) in [7, 11) is -1.88. The van der Waals surface area contributed by atoms with E-state index < -0.39 is 15.9 Å². The number of methoxy groups -OCH3 is 1. The van der Waals surface area contributed by atoms with Crippen molar-refractivity contribution in [3.63, 3.8) is 0 Å². The van der Waals surface area contributed by atoms with Crippen LogP contribution in [0.25, 0.3) is 10.2 Å². The van der Waals surface area contributed by atoms with Gasteiger partial charge < -0.3 is 9.30 Å². The molecule has 0 aliphatic carbocycles. The summed E-state index contributed by atoms with van der Waals surface area (Å²) in [6.45, 7) is 1.82. The molecule has 0 atom stereocenters. The molecule has 0 saturated carbocycles. The second-order valence-corrected chi connectivity index (χ2v) is 11.3. The molecule has 170 valence electrons. The van der Waals surface area contributed by atoms with E-state index in [1.165, 1.54) is 39.9 Å². The van der Waals surface area contributed by atoms with Gasteiger partial charge in [-0.3, -0.25) is 4.79 Å². The number of nitrogens with zero attached hydrogens (tertiary/aromatic N) is 3. The average Bonchev–Trinajstić information content (AvgIpc) is 3.46. The molecule has 2 heterocycles. The molecule has 1 aliphatic rings. The molecule has 4 rings (SSSR count). The first-order chi connectivity index (χ1) is 15.4. The highest BCUT2D eigenvalue weighted by Gasteiger charge is 2.27. The van der Waals surface area contributed by atoms with Gasteiger partial charge in [0.15, 0.2) is 4.80 Å². The van der Waals surface area contributed by atoms with E-state index in [0.717, 1.165) is 41.1 Å². The highest BCUT2D eigenvalue weighted by Crippen LogP contribution is 2.24. The Kier molecular flexibility index (Phi) is 7.04. The van der Waals surface area contributed by atoms with Gasteiger partial charge in [-0.1, -0.05) is 11.3 Å². The van der Waals surface area contributed by atoms with Crippen molar-refractivity contribution >= 4 is 49.2 Å². The third kappa shape index (κ3) is 4.63. The number of thioether (sulfide) groups is 1. The van der Waals surface area contributed by atoms with Gasteiger partial charge in [0.2, 0.25) is 10.0 Å². The fourth-order valence-electron chi connectivity index (χ4n) is 3.66. The summed E-state index contributed by atoms with van der Waals surface area (Å²) in [4.78, 5) is 18.1. The van der Waals surface area contributed by atoms with E-state index in [1.54, 1.807) is 18.9 Å². The number of hydrogen-bond acceptors (Lipinski definition) is 6. The van der Waals surface area contributed by atoms with Crippen molar-refractivity contribution in [3.8, 4) is 5.75 Å². The van der Waals surface area contributed by atoms with Crippen LogP contribution in [-0.2, 0) is 16.6 Å². The van der Waals surface area contributed by atoms with E-state index in [1.807, 2.05) is 29.0 Å². The van der Waals surface area contributed by atoms with E-state index in [9.17, 15) is 13.2 Å². The number of amides is 1. The molecule has 1 aliphatic heterocycles. The molecule has 32 heavy (non-hydrogen) atoms. The second kappa shape index (κ2) is 9.78. The maximum atomic E-state index is 12.9. The van der Waals surface area contributed by atoms with Crippen molar-refractivity contribution in [1.82, 2.24) is 8.87 Å². The third-order valence-electron chi connectivity index (χ3n) is 5.41. The Morgan fingerprint density at radius 3 is 2.53 bits per heavy atom. The number of aromatic nitrogens is 1. The highest BCUT2D eigenvalue weighted by atomic mass is 32.2. The SMILES string of the molecule is COc1ccc2c(c1)sc(=NC(=O)c1ccc(S(=O)(=O)N3CCCC3)cc1)n2CCSC. The van der Waals surface area contributed by atoms with Crippen LogP contribution in [0.1, 0.15) is 23.2 Å². The standard InChI is InChI=1S/C22H25N3O4S3/c1-29-17-7-10-19-20(15-17)31-22(25(19)13-14-30-2)23-21(26)16-5-8-18(9-6-16)32(27,28)24-11-3-4-12-24/h5-10,15H,3-4,11-14H2,1-2H3. The zero-order valence-electron chi connectivity index (χ0n) is 18.0. The van der Waals surface area contributed by atoms with Crippen LogP contribution in [0.5, 0.6) is 5.75 Å². The molecular weight excluding hydrogens is 466 g/mol. The first-order valence-corrected chi connectivity index (χ1v) is 13.9. The maximum Gasteiger partial charge on any atom is 0.279 e. The normalized spacial score (nSPS) is 15.5. The Morgan fingerprint density at radius 1 is 1.16 bits per heavy atom. The minimum atomic E-state index is -3.51. The number of thiazole rings is 1. The van der Waals surface area contributed by atoms with Crippen molar-refractivity contribution in [1.29, 1.82) is 0 Å². The largest absolute Gasteiger partial charge is 0.497 e. The van der Waals surface area contributed by atoms with Crippen LogP contribution in [0.4, 0.5) is 0 Å². The lowest BCUT2D eigenvalue weighted by molar-refractivity contribution is 0.0997. The fraction of sp³-hybridized carbons (Fsp3) is 0.364. The van der Waals surface area contributed by atoms with E-state index in [2.05, 4.69) is 4.99 Å². The quantitative estimate of drug-likeness (QED) is 0.504. The summed E-state index contributed by atoms with van der Waals surface area (Å²) in [5, 5.41) is 0. The minimum Gasteiger partial charge on any atom is -0.497 e. The molecule has 7 nitrogen and oxygen atoms in total. The van der Waals surface area contributed by atoms with Crippen LogP contribution in [0.2, 0.25) is 0 Å². The molecular formula is C22H25N3O4S3. The molecule has 1 amide bonds. The summed E-state index contributed by atoms with van der Waals surface area (Å²) in [5.74, 6) is 1.25. The maximum absolute atomic E-state index is 12.9. The van der Waals surface area contributed by atoms with Gasteiger partial charge in [-0.05, 0) is 61.6 Å². The van der Waals surface area contributed by atoms with Crippen molar-refractivity contribution in [3.05, 3.63) is 52.8 Å². The van der Waals surface area contributed by atoms with E-state index in [0.29, 0.717) is 23.5 Å². The van der Waals surface area contributed by atoms with E-state index in [-0.39, 0.29) is 4.90 Å². The van der Waals surface area contributed by atoms with Gasteiger partial charge in [-0.15, -0.1) is 0 Å². The van der Waals surface area contributed by atoms with Gasteiger partial charge in [-0.2, -0.15) is 21.1 Å². The van der Waals surface area contributed by atoms with Crippen LogP contribution in [0.15, 0.2) is 52.4 Å². The first kappa shape index (κ1) is 23.0. The molecule has 0 unspecified atom stereocenters. The molecule has 0 N–H and O–H groups in total. The first-order valence-electron chi connectivity index (χ1n) is 10.3. The number of carbonyl (C=O) groups is 1. The molecule has 1 fully saturated rings. The topological polar surface area (TPSA) is 81.0 Å². The van der Waals surface area contributed by atoms with E-state index in [4.69, 9.17) is 4.74 Å². The van der Waals surface area contributed by atoms with Gasteiger partial charge in [0.1, 0.15) is 5.75 Å². The molecule has 0 spiro atoms. The number of fused-ring (bicyclic) bond motifs is 1. The lowest BCUT2D eigenvalue weighted by Gasteiger charge is -2.15. The Morgan fingerprint density at radius 2 is 1.88 bits per heavy atom. The fourth-order valence-corrected chi connectivity index (χ4v) is 6.63. The molecule has 3 aromatic rings. The summed E-state index contributed by atoms with van der Waals surface area (Å²) in [6, 6.07) is 11.9. The van der Waals surface area contributed by atoms with Crippen LogP contribution in [0, 0.1) is 0 Å². The summed E-state index contributed by atoms with van der Waals surface area (Å²) in [6.07, 6.45) is 3.80. The van der Waals surface area contributed by atoms with Crippen molar-refractivity contribution in [2.75, 3.05) is 32.2 Å². The van der Waals surface area contributed by atoms with Gasteiger partial charge in [-0.25, -0.2) is 8.42 Å². The predicted molar refractivity (Wildman–Crippen MR) is 129 cm³/mol. The summed E-state index contributed by atoms with van der Waals surface area (Å²) in [5.41, 5.74) is 1.36. The van der Waals surface area contributed by atoms with Gasteiger partial charge in [0.05, 0.1) is 22.2 Å². The number of rotatable bonds is 7. The van der Waals surface area contributed by atoms with Crippen LogP contribution in [0.3, 0.4) is 0 Å². The van der Waals surface area contributed by atoms with Crippen LogP contribution < -0.4 is 9.54 Å². The van der Waals surface area contributed by atoms with Gasteiger partial charge in [0.25, 0.3) is 5.91 Å². The van der Waals surface area contributed by atoms with Crippen LogP contribution >= 0.6 is 23.1 Å². The molecule has 0 radical (unpaired) electrons. The van der Waals surface area contributed by atoms with Gasteiger partial charge >= 0.3 is 0 Å². The molecule has 1 aromatic heterocycles. The zero-order chi connectivity index (χ0) is 22.7. The summed E-state index contributed by atoms with van der Waals surface area (Å²) >= 11 is 3.16. The molecule has 2 aromatic carbocycles. The Balaban J connectivity index is 1.66. The zero-order valence-corrected chi connectivity index (χ0v) is 20.4. The minimum absolute atomic E-state index is 0.208.